The van der Waals surface area contributed by atoms with E-state index >= 15 is 0 Å². The van der Waals surface area contributed by atoms with Crippen molar-refractivity contribution in [3.8, 4) is 0 Å². The Bertz CT molecular complexity index is 530. The number of furan rings is 1. The maximum absolute atomic E-state index is 10.6. The fraction of sp³-hybridized carbons (Fsp3) is 0.333. The molecule has 0 spiro atoms. The molecule has 0 fully saturated rings. The lowest BCUT2D eigenvalue weighted by molar-refractivity contribution is 0.0660. The van der Waals surface area contributed by atoms with Gasteiger partial charge in [0, 0.05) is 13.2 Å². The van der Waals surface area contributed by atoms with Crippen LogP contribution in [0, 0.1) is 0 Å². The zero-order valence-corrected chi connectivity index (χ0v) is 10.1. The monoisotopic (exact) mass is 249 g/mol. The molecule has 2 heterocycles. The van der Waals surface area contributed by atoms with E-state index in [1.807, 2.05) is 19.4 Å². The number of carbonyl (C=O) groups is 1. The minimum atomic E-state index is -1.04. The summed E-state index contributed by atoms with van der Waals surface area (Å²) in [6.07, 6.45) is 4.68. The highest BCUT2D eigenvalue weighted by Gasteiger charge is 2.08. The van der Waals surface area contributed by atoms with Crippen LogP contribution in [0.3, 0.4) is 0 Å². The number of aryl methyl sites for hydroxylation is 1. The number of hydrogen-bond acceptors (Lipinski definition) is 4. The number of aromatic nitrogens is 2. The summed E-state index contributed by atoms with van der Waals surface area (Å²) in [7, 11) is 1.88. The van der Waals surface area contributed by atoms with E-state index in [1.165, 1.54) is 6.07 Å². The van der Waals surface area contributed by atoms with Gasteiger partial charge in [-0.1, -0.05) is 0 Å². The van der Waals surface area contributed by atoms with Gasteiger partial charge >= 0.3 is 5.97 Å². The second kappa shape index (κ2) is 5.50. The first-order valence-corrected chi connectivity index (χ1v) is 5.65. The molecule has 6 heteroatoms. The van der Waals surface area contributed by atoms with E-state index in [4.69, 9.17) is 9.52 Å². The minimum Gasteiger partial charge on any atom is -0.475 e. The highest BCUT2D eigenvalue weighted by molar-refractivity contribution is 5.84. The number of nitrogens with zero attached hydrogens (tertiary/aromatic N) is 2. The van der Waals surface area contributed by atoms with Crippen LogP contribution in [0.25, 0.3) is 0 Å². The Morgan fingerprint density at radius 3 is 3.00 bits per heavy atom. The summed E-state index contributed by atoms with van der Waals surface area (Å²) in [5, 5.41) is 16.0. The summed E-state index contributed by atoms with van der Waals surface area (Å²) >= 11 is 0. The largest absolute Gasteiger partial charge is 0.475 e. The molecular formula is C12H15N3O3. The van der Waals surface area contributed by atoms with Gasteiger partial charge < -0.3 is 14.8 Å². The first-order valence-electron chi connectivity index (χ1n) is 5.65. The number of hydrogen-bond donors (Lipinski definition) is 2. The van der Waals surface area contributed by atoms with E-state index in [0.717, 1.165) is 18.5 Å². The molecule has 6 nitrogen and oxygen atoms in total. The summed E-state index contributed by atoms with van der Waals surface area (Å²) in [6.45, 7) is 1.31. The maximum atomic E-state index is 10.6. The maximum Gasteiger partial charge on any atom is 0.371 e. The zero-order valence-electron chi connectivity index (χ0n) is 10.1. The van der Waals surface area contributed by atoms with Crippen molar-refractivity contribution < 1.29 is 14.3 Å². The smallest absolute Gasteiger partial charge is 0.371 e. The van der Waals surface area contributed by atoms with Crippen molar-refractivity contribution in [2.24, 2.45) is 7.05 Å². The fourth-order valence-corrected chi connectivity index (χ4v) is 1.63. The molecule has 2 aromatic heterocycles. The van der Waals surface area contributed by atoms with Gasteiger partial charge in [0.2, 0.25) is 5.76 Å². The molecule has 18 heavy (non-hydrogen) atoms. The Balaban J connectivity index is 1.73. The van der Waals surface area contributed by atoms with Gasteiger partial charge in [0.25, 0.3) is 0 Å². The summed E-state index contributed by atoms with van der Waals surface area (Å²) in [5.41, 5.74) is 1.16. The highest BCUT2D eigenvalue weighted by Crippen LogP contribution is 2.07. The second-order valence-corrected chi connectivity index (χ2v) is 4.02. The quantitative estimate of drug-likeness (QED) is 0.748. The third kappa shape index (κ3) is 3.21. The summed E-state index contributed by atoms with van der Waals surface area (Å²) in [6, 6.07) is 3.13. The number of nitrogens with one attached hydrogen (secondary N) is 1. The van der Waals surface area contributed by atoms with Crippen molar-refractivity contribution in [1.82, 2.24) is 15.1 Å². The summed E-state index contributed by atoms with van der Waals surface area (Å²) in [4.78, 5) is 10.6. The van der Waals surface area contributed by atoms with Crippen molar-refractivity contribution >= 4 is 5.97 Å². The first-order chi connectivity index (χ1) is 8.65. The van der Waals surface area contributed by atoms with E-state index in [0.29, 0.717) is 12.3 Å². The molecule has 0 aliphatic carbocycles. The van der Waals surface area contributed by atoms with Gasteiger partial charge in [-0.3, -0.25) is 4.68 Å². The van der Waals surface area contributed by atoms with E-state index in [9.17, 15) is 4.79 Å². The zero-order chi connectivity index (χ0) is 13.0. The predicted molar refractivity (Wildman–Crippen MR) is 64.3 cm³/mol. The molecule has 0 aliphatic heterocycles. The molecule has 0 bridgehead atoms. The molecule has 0 aliphatic rings. The first kappa shape index (κ1) is 12.4. The molecule has 2 aromatic rings. The number of rotatable bonds is 6. The third-order valence-corrected chi connectivity index (χ3v) is 2.52. The highest BCUT2D eigenvalue weighted by atomic mass is 16.4. The van der Waals surface area contributed by atoms with E-state index < -0.39 is 5.97 Å². The molecule has 0 radical (unpaired) electrons. The van der Waals surface area contributed by atoms with E-state index in [-0.39, 0.29) is 5.76 Å². The van der Waals surface area contributed by atoms with Crippen molar-refractivity contribution in [2.75, 3.05) is 6.54 Å². The topological polar surface area (TPSA) is 80.3 Å². The lowest BCUT2D eigenvalue weighted by Crippen LogP contribution is -2.16. The molecule has 2 N–H and O–H groups in total. The standard InChI is InChI=1S/C12H15N3O3/c1-15-8-9(6-14-15)4-5-13-7-10-2-3-11(18-10)12(16)17/h2-3,6,8,13H,4-5,7H2,1H3,(H,16,17). The average molecular weight is 249 g/mol. The molecule has 2 rings (SSSR count). The van der Waals surface area contributed by atoms with Crippen LogP contribution >= 0.6 is 0 Å². The van der Waals surface area contributed by atoms with Gasteiger partial charge in [-0.05, 0) is 30.7 Å². The van der Waals surface area contributed by atoms with Gasteiger partial charge in [0.15, 0.2) is 0 Å². The van der Waals surface area contributed by atoms with E-state index in [2.05, 4.69) is 10.4 Å². The number of aromatic carboxylic acids is 1. The molecule has 0 saturated carbocycles. The normalized spacial score (nSPS) is 10.7. The van der Waals surface area contributed by atoms with Crippen molar-refractivity contribution in [1.29, 1.82) is 0 Å². The van der Waals surface area contributed by atoms with Crippen LogP contribution in [0.4, 0.5) is 0 Å². The molecule has 0 saturated heterocycles. The second-order valence-electron chi connectivity index (χ2n) is 4.02. The molecular weight excluding hydrogens is 234 g/mol. The molecule has 0 aromatic carbocycles. The van der Waals surface area contributed by atoms with Crippen LogP contribution in [0.2, 0.25) is 0 Å². The van der Waals surface area contributed by atoms with Crippen molar-refractivity contribution in [3.05, 3.63) is 41.6 Å². The van der Waals surface area contributed by atoms with E-state index in [1.54, 1.807) is 10.7 Å². The van der Waals surface area contributed by atoms with Crippen LogP contribution in [0.5, 0.6) is 0 Å². The molecule has 0 atom stereocenters. The lowest BCUT2D eigenvalue weighted by atomic mass is 10.2. The molecule has 0 amide bonds. The minimum absolute atomic E-state index is 0.0286. The molecule has 96 valence electrons. The SMILES string of the molecule is Cn1cc(CCNCc2ccc(C(=O)O)o2)cn1. The van der Waals surface area contributed by atoms with Gasteiger partial charge in [-0.2, -0.15) is 5.10 Å². The number of carboxylic acids is 1. The average Bonchev–Trinajstić information content (AvgIpc) is 2.93. The third-order valence-electron chi connectivity index (χ3n) is 2.52. The van der Waals surface area contributed by atoms with Crippen LogP contribution in [-0.4, -0.2) is 27.4 Å². The van der Waals surface area contributed by atoms with Gasteiger partial charge in [-0.15, -0.1) is 0 Å². The van der Waals surface area contributed by atoms with Crippen LogP contribution in [0.1, 0.15) is 21.9 Å². The Morgan fingerprint density at radius 2 is 2.39 bits per heavy atom. The van der Waals surface area contributed by atoms with Gasteiger partial charge in [0.1, 0.15) is 5.76 Å². The number of carboxylic acid groups (broad SMARTS) is 1. The molecule has 0 unspecified atom stereocenters. The lowest BCUT2D eigenvalue weighted by Gasteiger charge is -2.00. The van der Waals surface area contributed by atoms with Crippen molar-refractivity contribution in [3.63, 3.8) is 0 Å². The van der Waals surface area contributed by atoms with Crippen LogP contribution < -0.4 is 5.32 Å². The Morgan fingerprint density at radius 1 is 1.56 bits per heavy atom. The van der Waals surface area contributed by atoms with Crippen molar-refractivity contribution in [2.45, 2.75) is 13.0 Å². The Labute approximate surface area is 104 Å². The van der Waals surface area contributed by atoms with Crippen LogP contribution in [-0.2, 0) is 20.0 Å². The Hall–Kier alpha value is -2.08. The Kier molecular flexibility index (Phi) is 3.78. The van der Waals surface area contributed by atoms with Gasteiger partial charge in [0.05, 0.1) is 12.7 Å². The summed E-state index contributed by atoms with van der Waals surface area (Å²) in [5.74, 6) is -0.450. The predicted octanol–water partition coefficient (Wildman–Crippen LogP) is 1.04. The summed E-state index contributed by atoms with van der Waals surface area (Å²) < 4.78 is 6.89. The van der Waals surface area contributed by atoms with Crippen LogP contribution in [0.15, 0.2) is 28.9 Å². The van der Waals surface area contributed by atoms with Gasteiger partial charge in [-0.25, -0.2) is 4.79 Å². The fourth-order valence-electron chi connectivity index (χ4n) is 1.63.